The van der Waals surface area contributed by atoms with Crippen molar-refractivity contribution in [2.45, 2.75) is 25.8 Å². The molecule has 0 N–H and O–H groups in total. The molecule has 0 aromatic heterocycles. The summed E-state index contributed by atoms with van der Waals surface area (Å²) in [6.07, 6.45) is 0. The Morgan fingerprint density at radius 1 is 1.00 bits per heavy atom. The maximum absolute atomic E-state index is 4.02. The highest BCUT2D eigenvalue weighted by molar-refractivity contribution is 6.81. The zero-order valence-corrected chi connectivity index (χ0v) is 11.2. The SMILES string of the molecule is C=C[Si](N(C)C)(N(C)C)C(C)(C)C. The first-order valence-corrected chi connectivity index (χ1v) is 6.65. The predicted octanol–water partition coefficient (Wildman–Crippen LogP) is 2.08. The Bertz CT molecular complexity index is 172. The van der Waals surface area contributed by atoms with Crippen molar-refractivity contribution in [3.05, 3.63) is 12.3 Å². The lowest BCUT2D eigenvalue weighted by Crippen LogP contribution is -2.65. The fourth-order valence-electron chi connectivity index (χ4n) is 2.41. The second-order valence-electron chi connectivity index (χ2n) is 4.97. The van der Waals surface area contributed by atoms with E-state index < -0.39 is 8.40 Å². The lowest BCUT2D eigenvalue weighted by atomic mass is 10.2. The Morgan fingerprint density at radius 2 is 1.31 bits per heavy atom. The number of nitrogens with zero attached hydrogens (tertiary/aromatic N) is 2. The topological polar surface area (TPSA) is 6.48 Å². The monoisotopic (exact) mass is 200 g/mol. The van der Waals surface area contributed by atoms with Gasteiger partial charge in [0, 0.05) is 0 Å². The summed E-state index contributed by atoms with van der Waals surface area (Å²) >= 11 is 0. The Labute approximate surface area is 84.4 Å². The van der Waals surface area contributed by atoms with Gasteiger partial charge in [0.15, 0.2) is 0 Å². The van der Waals surface area contributed by atoms with Crippen molar-refractivity contribution in [2.75, 3.05) is 28.2 Å². The minimum atomic E-state index is -1.70. The van der Waals surface area contributed by atoms with E-state index in [0.29, 0.717) is 0 Å². The summed E-state index contributed by atoms with van der Waals surface area (Å²) in [5.41, 5.74) is 2.16. The van der Waals surface area contributed by atoms with Crippen LogP contribution in [0.15, 0.2) is 12.3 Å². The van der Waals surface area contributed by atoms with Crippen LogP contribution in [0.4, 0.5) is 0 Å². The molecule has 0 atom stereocenters. The van der Waals surface area contributed by atoms with Crippen LogP contribution in [0.25, 0.3) is 0 Å². The summed E-state index contributed by atoms with van der Waals surface area (Å²) in [5.74, 6) is 0. The smallest absolute Gasteiger partial charge is 0.236 e. The van der Waals surface area contributed by atoms with Crippen molar-refractivity contribution >= 4 is 8.40 Å². The van der Waals surface area contributed by atoms with Crippen molar-refractivity contribution in [3.63, 3.8) is 0 Å². The van der Waals surface area contributed by atoms with E-state index >= 15 is 0 Å². The largest absolute Gasteiger partial charge is 0.314 e. The Morgan fingerprint density at radius 3 is 1.31 bits per heavy atom. The highest BCUT2D eigenvalue weighted by atomic mass is 28.3. The van der Waals surface area contributed by atoms with Crippen LogP contribution in [0, 0.1) is 0 Å². The molecule has 0 aliphatic rings. The molecule has 0 saturated carbocycles. The van der Waals surface area contributed by atoms with Gasteiger partial charge in [-0.05, 0) is 33.2 Å². The van der Waals surface area contributed by atoms with Crippen LogP contribution < -0.4 is 0 Å². The molecule has 0 aromatic rings. The molecule has 0 fully saturated rings. The van der Waals surface area contributed by atoms with Crippen molar-refractivity contribution in [1.82, 2.24) is 9.13 Å². The third-order valence-electron chi connectivity index (χ3n) is 2.75. The number of hydrogen-bond donors (Lipinski definition) is 0. The summed E-state index contributed by atoms with van der Waals surface area (Å²) in [6.45, 7) is 10.9. The molecule has 0 amide bonds. The molecule has 0 unspecified atom stereocenters. The van der Waals surface area contributed by atoms with Gasteiger partial charge in [0.25, 0.3) is 0 Å². The third-order valence-corrected chi connectivity index (χ3v) is 8.26. The van der Waals surface area contributed by atoms with E-state index in [1.54, 1.807) is 0 Å². The van der Waals surface area contributed by atoms with Crippen LogP contribution in [0.3, 0.4) is 0 Å². The van der Waals surface area contributed by atoms with Crippen LogP contribution in [0.1, 0.15) is 20.8 Å². The minimum Gasteiger partial charge on any atom is -0.314 e. The fourth-order valence-corrected chi connectivity index (χ4v) is 7.24. The fraction of sp³-hybridized carbons (Fsp3) is 0.800. The van der Waals surface area contributed by atoms with Gasteiger partial charge in [0.1, 0.15) is 0 Å². The van der Waals surface area contributed by atoms with Crippen LogP contribution in [0.2, 0.25) is 5.04 Å². The molecule has 0 spiro atoms. The first-order chi connectivity index (χ1) is 5.70. The molecule has 0 saturated heterocycles. The molecule has 13 heavy (non-hydrogen) atoms. The minimum absolute atomic E-state index is 0.280. The summed E-state index contributed by atoms with van der Waals surface area (Å²) in [6, 6.07) is 0. The zero-order chi connectivity index (χ0) is 10.9. The molecule has 78 valence electrons. The van der Waals surface area contributed by atoms with Crippen LogP contribution in [-0.4, -0.2) is 45.7 Å². The average Bonchev–Trinajstić information content (AvgIpc) is 1.83. The summed E-state index contributed by atoms with van der Waals surface area (Å²) in [4.78, 5) is 0. The van der Waals surface area contributed by atoms with Crippen LogP contribution in [0.5, 0.6) is 0 Å². The zero-order valence-electron chi connectivity index (χ0n) is 10.2. The Balaban J connectivity index is 5.24. The summed E-state index contributed by atoms with van der Waals surface area (Å²) in [5, 5.41) is 0.280. The molecular formula is C10H24N2Si. The van der Waals surface area contributed by atoms with Crippen molar-refractivity contribution in [2.24, 2.45) is 0 Å². The van der Waals surface area contributed by atoms with Gasteiger partial charge in [-0.25, -0.2) is 0 Å². The second-order valence-corrected chi connectivity index (χ2v) is 10.1. The highest BCUT2D eigenvalue weighted by Gasteiger charge is 2.47. The van der Waals surface area contributed by atoms with Gasteiger partial charge < -0.3 is 9.13 Å². The van der Waals surface area contributed by atoms with Gasteiger partial charge >= 0.3 is 0 Å². The second kappa shape index (κ2) is 3.94. The molecule has 3 heteroatoms. The molecule has 0 bridgehead atoms. The van der Waals surface area contributed by atoms with Gasteiger partial charge in [-0.3, -0.25) is 0 Å². The van der Waals surface area contributed by atoms with E-state index in [9.17, 15) is 0 Å². The van der Waals surface area contributed by atoms with E-state index in [4.69, 9.17) is 0 Å². The van der Waals surface area contributed by atoms with Gasteiger partial charge in [-0.15, -0.1) is 6.58 Å². The van der Waals surface area contributed by atoms with Crippen molar-refractivity contribution in [3.8, 4) is 0 Å². The van der Waals surface area contributed by atoms with Crippen molar-refractivity contribution in [1.29, 1.82) is 0 Å². The average molecular weight is 200 g/mol. The molecule has 0 aliphatic carbocycles. The van der Waals surface area contributed by atoms with E-state index in [2.05, 4.69) is 70.4 Å². The first-order valence-electron chi connectivity index (χ1n) is 4.68. The molecule has 0 rings (SSSR count). The summed E-state index contributed by atoms with van der Waals surface area (Å²) < 4.78 is 4.69. The molecule has 0 heterocycles. The number of hydrogen-bond acceptors (Lipinski definition) is 2. The van der Waals surface area contributed by atoms with E-state index in [-0.39, 0.29) is 5.04 Å². The standard InChI is InChI=1S/C10H24N2Si/c1-9-13(11(5)6,12(7)8)10(2,3)4/h9H,1H2,2-8H3. The molecule has 0 aliphatic heterocycles. The van der Waals surface area contributed by atoms with Crippen molar-refractivity contribution < 1.29 is 0 Å². The molecule has 0 aromatic carbocycles. The Kier molecular flexibility index (Phi) is 3.91. The van der Waals surface area contributed by atoms with Crippen LogP contribution >= 0.6 is 0 Å². The van der Waals surface area contributed by atoms with Crippen LogP contribution in [-0.2, 0) is 0 Å². The van der Waals surface area contributed by atoms with E-state index in [1.165, 1.54) is 0 Å². The van der Waals surface area contributed by atoms with Gasteiger partial charge in [-0.1, -0.05) is 26.5 Å². The quantitative estimate of drug-likeness (QED) is 0.644. The van der Waals surface area contributed by atoms with Gasteiger partial charge in [0.2, 0.25) is 8.40 Å². The molecule has 0 radical (unpaired) electrons. The first kappa shape index (κ1) is 12.9. The predicted molar refractivity (Wildman–Crippen MR) is 63.0 cm³/mol. The van der Waals surface area contributed by atoms with E-state index in [0.717, 1.165) is 0 Å². The summed E-state index contributed by atoms with van der Waals surface area (Å²) in [7, 11) is 6.91. The maximum Gasteiger partial charge on any atom is 0.236 e. The Hall–Kier alpha value is -0.123. The lowest BCUT2D eigenvalue weighted by molar-refractivity contribution is 0.439. The maximum atomic E-state index is 4.02. The normalized spacial score (nSPS) is 13.9. The van der Waals surface area contributed by atoms with E-state index in [1.807, 2.05) is 0 Å². The highest BCUT2D eigenvalue weighted by Crippen LogP contribution is 2.38. The lowest BCUT2D eigenvalue weighted by Gasteiger charge is -2.49. The molecular weight excluding hydrogens is 176 g/mol. The third kappa shape index (κ3) is 2.03. The number of rotatable bonds is 3. The molecule has 2 nitrogen and oxygen atoms in total. The van der Waals surface area contributed by atoms with Gasteiger partial charge in [-0.2, -0.15) is 0 Å². The van der Waals surface area contributed by atoms with Gasteiger partial charge in [0.05, 0.1) is 0 Å².